The van der Waals surface area contributed by atoms with E-state index in [-0.39, 0.29) is 17.6 Å². The molecule has 2 N–H and O–H groups in total. The molecule has 2 aromatic rings. The van der Waals surface area contributed by atoms with Gasteiger partial charge in [-0.15, -0.1) is 0 Å². The number of alkyl halides is 3. The fourth-order valence-corrected chi connectivity index (χ4v) is 4.60. The summed E-state index contributed by atoms with van der Waals surface area (Å²) in [6.45, 7) is 3.35. The molecule has 158 valence electrons. The SMILES string of the molecule is O=C(NCc1ccc2c(c1)Oc1cc(C(F)(F)F)ccc1N2)C1CN2CCC1CC2. The van der Waals surface area contributed by atoms with Crippen LogP contribution in [-0.4, -0.2) is 30.4 Å². The van der Waals surface area contributed by atoms with E-state index < -0.39 is 11.7 Å². The van der Waals surface area contributed by atoms with Crippen LogP contribution in [0.3, 0.4) is 0 Å². The number of amides is 1. The molecule has 4 aliphatic heterocycles. The minimum Gasteiger partial charge on any atom is -0.453 e. The Morgan fingerprint density at radius 1 is 1.10 bits per heavy atom. The molecule has 2 bridgehead atoms. The van der Waals surface area contributed by atoms with Crippen molar-refractivity contribution in [1.29, 1.82) is 0 Å². The van der Waals surface area contributed by atoms with Gasteiger partial charge in [-0.1, -0.05) is 6.07 Å². The number of carbonyl (C=O) groups excluding carboxylic acids is 1. The number of nitrogens with zero attached hydrogens (tertiary/aromatic N) is 1. The first kappa shape index (κ1) is 19.2. The van der Waals surface area contributed by atoms with Crippen LogP contribution >= 0.6 is 0 Å². The number of halogens is 3. The van der Waals surface area contributed by atoms with E-state index in [0.717, 1.165) is 50.2 Å². The van der Waals surface area contributed by atoms with E-state index in [1.165, 1.54) is 6.07 Å². The van der Waals surface area contributed by atoms with Crippen LogP contribution in [0, 0.1) is 11.8 Å². The van der Waals surface area contributed by atoms with Crippen molar-refractivity contribution in [3.63, 3.8) is 0 Å². The topological polar surface area (TPSA) is 53.6 Å². The third-order valence-corrected chi connectivity index (χ3v) is 6.30. The highest BCUT2D eigenvalue weighted by atomic mass is 19.4. The predicted molar refractivity (Wildman–Crippen MR) is 106 cm³/mol. The summed E-state index contributed by atoms with van der Waals surface area (Å²) in [7, 11) is 0. The van der Waals surface area contributed by atoms with Gasteiger partial charge < -0.3 is 20.3 Å². The van der Waals surface area contributed by atoms with E-state index in [1.54, 1.807) is 6.07 Å². The van der Waals surface area contributed by atoms with Gasteiger partial charge in [0.2, 0.25) is 5.91 Å². The van der Waals surface area contributed by atoms with Gasteiger partial charge in [-0.05, 0) is 67.7 Å². The van der Waals surface area contributed by atoms with Crippen molar-refractivity contribution in [3.05, 3.63) is 47.5 Å². The number of hydrogen-bond donors (Lipinski definition) is 2. The molecule has 0 saturated carbocycles. The first-order valence-electron chi connectivity index (χ1n) is 10.2. The van der Waals surface area contributed by atoms with E-state index in [9.17, 15) is 18.0 Å². The molecule has 1 atom stereocenters. The molecular formula is C22H22F3N3O2. The highest BCUT2D eigenvalue weighted by Crippen LogP contribution is 2.44. The molecule has 0 aromatic heterocycles. The molecule has 2 aromatic carbocycles. The lowest BCUT2D eigenvalue weighted by Crippen LogP contribution is -2.52. The van der Waals surface area contributed by atoms with Gasteiger partial charge >= 0.3 is 6.18 Å². The van der Waals surface area contributed by atoms with Crippen molar-refractivity contribution in [1.82, 2.24) is 10.2 Å². The van der Waals surface area contributed by atoms with Crippen LogP contribution in [0.5, 0.6) is 11.5 Å². The number of hydrogen-bond acceptors (Lipinski definition) is 4. The standard InChI is InChI=1S/C22H22F3N3O2/c23-22(24,25)15-2-4-18-20(10-15)30-19-9-13(1-3-17(19)27-18)11-26-21(29)16-12-28-7-5-14(16)6-8-28/h1-4,9-10,14,16,27H,5-8,11-12H2,(H,26,29). The van der Waals surface area contributed by atoms with Crippen LogP contribution in [-0.2, 0) is 17.5 Å². The first-order chi connectivity index (χ1) is 14.4. The highest BCUT2D eigenvalue weighted by molar-refractivity contribution is 5.80. The van der Waals surface area contributed by atoms with Crippen molar-refractivity contribution in [2.24, 2.45) is 11.8 Å². The predicted octanol–water partition coefficient (Wildman–Crippen LogP) is 4.51. The number of fused-ring (bicyclic) bond motifs is 5. The molecule has 1 unspecified atom stereocenters. The summed E-state index contributed by atoms with van der Waals surface area (Å²) in [6, 6.07) is 8.82. The van der Waals surface area contributed by atoms with Gasteiger partial charge in [0.1, 0.15) is 0 Å². The van der Waals surface area contributed by atoms with E-state index >= 15 is 0 Å². The van der Waals surface area contributed by atoms with Gasteiger partial charge in [-0.25, -0.2) is 0 Å². The number of rotatable bonds is 3. The molecule has 8 heteroatoms. The zero-order chi connectivity index (χ0) is 20.9. The Hall–Kier alpha value is -2.74. The Bertz CT molecular complexity index is 984. The van der Waals surface area contributed by atoms with Crippen LogP contribution in [0.2, 0.25) is 0 Å². The van der Waals surface area contributed by atoms with Crippen molar-refractivity contribution >= 4 is 17.3 Å². The van der Waals surface area contributed by atoms with Crippen LogP contribution in [0.1, 0.15) is 24.0 Å². The molecule has 30 heavy (non-hydrogen) atoms. The molecule has 5 nitrogen and oxygen atoms in total. The van der Waals surface area contributed by atoms with Gasteiger partial charge in [0, 0.05) is 13.1 Å². The number of ether oxygens (including phenoxy) is 1. The van der Waals surface area contributed by atoms with Crippen molar-refractivity contribution in [2.45, 2.75) is 25.6 Å². The van der Waals surface area contributed by atoms with Crippen LogP contribution in [0.4, 0.5) is 24.5 Å². The molecule has 3 fully saturated rings. The minimum atomic E-state index is -4.43. The number of carbonyl (C=O) groups is 1. The summed E-state index contributed by atoms with van der Waals surface area (Å²) in [4.78, 5) is 15.0. The van der Waals surface area contributed by atoms with Gasteiger partial charge in [-0.3, -0.25) is 4.79 Å². The van der Waals surface area contributed by atoms with Gasteiger partial charge in [-0.2, -0.15) is 13.2 Å². The fraction of sp³-hybridized carbons (Fsp3) is 0.409. The Morgan fingerprint density at radius 2 is 1.80 bits per heavy atom. The number of anilines is 2. The first-order valence-corrected chi connectivity index (χ1v) is 10.2. The Labute approximate surface area is 172 Å². The lowest BCUT2D eigenvalue weighted by molar-refractivity contribution is -0.137. The largest absolute Gasteiger partial charge is 0.453 e. The molecule has 4 aliphatic rings. The number of nitrogens with one attached hydrogen (secondary N) is 2. The second kappa shape index (κ2) is 7.19. The molecule has 0 spiro atoms. The van der Waals surface area contributed by atoms with E-state index in [0.29, 0.717) is 29.6 Å². The quantitative estimate of drug-likeness (QED) is 0.658. The maximum atomic E-state index is 13.0. The third-order valence-electron chi connectivity index (χ3n) is 6.30. The average molecular weight is 417 g/mol. The van der Waals surface area contributed by atoms with Gasteiger partial charge in [0.05, 0.1) is 22.9 Å². The molecular weight excluding hydrogens is 395 g/mol. The highest BCUT2D eigenvalue weighted by Gasteiger charge is 2.38. The number of benzene rings is 2. The zero-order valence-corrected chi connectivity index (χ0v) is 16.3. The summed E-state index contributed by atoms with van der Waals surface area (Å²) in [6.07, 6.45) is -2.27. The normalized spacial score (nSPS) is 24.3. The fourth-order valence-electron chi connectivity index (χ4n) is 4.60. The second-order valence-electron chi connectivity index (χ2n) is 8.23. The minimum absolute atomic E-state index is 0.0377. The number of piperidine rings is 3. The molecule has 4 heterocycles. The molecule has 0 radical (unpaired) electrons. The molecule has 3 saturated heterocycles. The van der Waals surface area contributed by atoms with Crippen LogP contribution < -0.4 is 15.4 Å². The average Bonchev–Trinajstić information content (AvgIpc) is 2.75. The van der Waals surface area contributed by atoms with Crippen molar-refractivity contribution in [3.8, 4) is 11.5 Å². The lowest BCUT2D eigenvalue weighted by Gasteiger charge is -2.43. The second-order valence-corrected chi connectivity index (χ2v) is 8.23. The Kier molecular flexibility index (Phi) is 4.61. The molecule has 1 amide bonds. The van der Waals surface area contributed by atoms with Gasteiger partial charge in [0.25, 0.3) is 0 Å². The van der Waals surface area contributed by atoms with E-state index in [1.807, 2.05) is 12.1 Å². The van der Waals surface area contributed by atoms with Gasteiger partial charge in [0.15, 0.2) is 11.5 Å². The van der Waals surface area contributed by atoms with Crippen LogP contribution in [0.25, 0.3) is 0 Å². The third kappa shape index (κ3) is 3.60. The summed E-state index contributed by atoms with van der Waals surface area (Å²) in [5.41, 5.74) is 1.24. The summed E-state index contributed by atoms with van der Waals surface area (Å²) in [5, 5.41) is 6.11. The molecule has 0 aliphatic carbocycles. The maximum Gasteiger partial charge on any atom is 0.416 e. The lowest BCUT2D eigenvalue weighted by atomic mass is 9.78. The van der Waals surface area contributed by atoms with E-state index in [2.05, 4.69) is 15.5 Å². The smallest absolute Gasteiger partial charge is 0.416 e. The Balaban J connectivity index is 1.27. The Morgan fingerprint density at radius 3 is 2.47 bits per heavy atom. The summed E-state index contributed by atoms with van der Waals surface area (Å²) in [5.74, 6) is 1.14. The summed E-state index contributed by atoms with van der Waals surface area (Å²) < 4.78 is 44.7. The zero-order valence-electron chi connectivity index (χ0n) is 16.3. The van der Waals surface area contributed by atoms with Crippen LogP contribution in [0.15, 0.2) is 36.4 Å². The van der Waals surface area contributed by atoms with E-state index in [4.69, 9.17) is 4.74 Å². The van der Waals surface area contributed by atoms with Crippen molar-refractivity contribution < 1.29 is 22.7 Å². The van der Waals surface area contributed by atoms with Crippen molar-refractivity contribution in [2.75, 3.05) is 25.0 Å². The monoisotopic (exact) mass is 417 g/mol. The summed E-state index contributed by atoms with van der Waals surface area (Å²) >= 11 is 0. The maximum absolute atomic E-state index is 13.0. The molecule has 6 rings (SSSR count).